The molecule has 164 valence electrons. The third-order valence-corrected chi connectivity index (χ3v) is 8.90. The van der Waals surface area contributed by atoms with Crippen molar-refractivity contribution in [3.63, 3.8) is 0 Å². The molecule has 7 rings (SSSR count). The van der Waals surface area contributed by atoms with E-state index in [1.165, 1.54) is 64.7 Å². The van der Waals surface area contributed by atoms with Crippen molar-refractivity contribution >= 4 is 44.8 Å². The zero-order chi connectivity index (χ0) is 23.7. The van der Waals surface area contributed by atoms with Crippen molar-refractivity contribution in [3.05, 3.63) is 114 Å². The molecule has 0 fully saturated rings. The summed E-state index contributed by atoms with van der Waals surface area (Å²) in [5.41, 5.74) is 11.3. The molecule has 0 N–H and O–H groups in total. The summed E-state index contributed by atoms with van der Waals surface area (Å²) in [6, 6.07) is 37.4. The second-order valence-corrected chi connectivity index (χ2v) is 11.0. The topological polar surface area (TPSA) is 0 Å². The molecule has 0 spiro atoms. The summed E-state index contributed by atoms with van der Waals surface area (Å²) in [6.07, 6.45) is 0. The summed E-state index contributed by atoms with van der Waals surface area (Å²) in [5.74, 6) is 0. The van der Waals surface area contributed by atoms with Gasteiger partial charge >= 0.3 is 0 Å². The summed E-state index contributed by atoms with van der Waals surface area (Å²) in [4.78, 5) is 0. The van der Waals surface area contributed by atoms with E-state index in [-0.39, 0.29) is 5.41 Å². The van der Waals surface area contributed by atoms with Gasteiger partial charge in [-0.1, -0.05) is 116 Å². The summed E-state index contributed by atoms with van der Waals surface area (Å²) < 4.78 is 2.65. The van der Waals surface area contributed by atoms with Crippen molar-refractivity contribution in [2.24, 2.45) is 0 Å². The second-order valence-electron chi connectivity index (χ2n) is 10.0. The monoisotopic (exact) mass is 462 g/mol. The maximum atomic E-state index is 6.12. The van der Waals surface area contributed by atoms with Gasteiger partial charge in [0.1, 0.15) is 7.85 Å². The van der Waals surface area contributed by atoms with Crippen LogP contribution in [0.15, 0.2) is 103 Å². The van der Waals surface area contributed by atoms with Crippen LogP contribution in [0.2, 0.25) is 0 Å². The number of hydrogen-bond donors (Lipinski definition) is 0. The lowest BCUT2D eigenvalue weighted by atomic mass is 9.81. The number of rotatable bonds is 2. The van der Waals surface area contributed by atoms with Gasteiger partial charge in [0.2, 0.25) is 0 Å². The van der Waals surface area contributed by atoms with E-state index in [0.29, 0.717) is 0 Å². The van der Waals surface area contributed by atoms with E-state index in [4.69, 9.17) is 7.85 Å². The van der Waals surface area contributed by atoms with Crippen molar-refractivity contribution in [1.29, 1.82) is 0 Å². The molecule has 6 aromatic rings. The van der Waals surface area contributed by atoms with E-state index in [1.807, 2.05) is 23.5 Å². The number of benzene rings is 5. The highest BCUT2D eigenvalue weighted by atomic mass is 32.1. The van der Waals surface area contributed by atoms with Gasteiger partial charge in [-0.25, -0.2) is 0 Å². The first-order valence-corrected chi connectivity index (χ1v) is 12.9. The average molecular weight is 462 g/mol. The Balaban J connectivity index is 1.45. The first-order chi connectivity index (χ1) is 17.0. The average Bonchev–Trinajstić information content (AvgIpc) is 3.37. The van der Waals surface area contributed by atoms with Crippen molar-refractivity contribution in [1.82, 2.24) is 0 Å². The van der Waals surface area contributed by atoms with Crippen LogP contribution in [0.5, 0.6) is 0 Å². The van der Waals surface area contributed by atoms with E-state index in [1.54, 1.807) is 0 Å². The molecule has 2 radical (unpaired) electrons. The molecule has 2 heteroatoms. The zero-order valence-electron chi connectivity index (χ0n) is 19.8. The van der Waals surface area contributed by atoms with Crippen LogP contribution in [0, 0.1) is 0 Å². The Hall–Kier alpha value is -3.62. The highest BCUT2D eigenvalue weighted by Crippen LogP contribution is 2.50. The molecule has 5 aromatic carbocycles. The van der Waals surface area contributed by atoms with Gasteiger partial charge < -0.3 is 0 Å². The maximum Gasteiger partial charge on any atom is 0.113 e. The fraction of sp³-hybridized carbons (Fsp3) is 0.0909. The van der Waals surface area contributed by atoms with Crippen molar-refractivity contribution in [2.45, 2.75) is 19.3 Å². The van der Waals surface area contributed by atoms with E-state index >= 15 is 0 Å². The first kappa shape index (κ1) is 20.7. The highest BCUT2D eigenvalue weighted by Gasteiger charge is 2.35. The SMILES string of the molecule is [B]c1cccc(-c2cccc3c2sc2c(-c4ccc5c(c4)C(C)(C)c4ccccc4-5)cccc23)c1. The Bertz CT molecular complexity index is 1790. The minimum atomic E-state index is -0.00357. The fourth-order valence-corrected chi connectivity index (χ4v) is 7.22. The molecule has 35 heavy (non-hydrogen) atoms. The molecule has 1 aliphatic carbocycles. The molecule has 0 aliphatic heterocycles. The molecule has 0 saturated carbocycles. The van der Waals surface area contributed by atoms with Crippen LogP contribution in [-0.4, -0.2) is 7.85 Å². The van der Waals surface area contributed by atoms with Crippen molar-refractivity contribution in [3.8, 4) is 33.4 Å². The molecular weight excluding hydrogens is 439 g/mol. The molecule has 0 bridgehead atoms. The van der Waals surface area contributed by atoms with E-state index in [0.717, 1.165) is 5.46 Å². The summed E-state index contributed by atoms with van der Waals surface area (Å²) >= 11 is 1.89. The Morgan fingerprint density at radius 3 is 1.86 bits per heavy atom. The molecule has 1 aromatic heterocycles. The number of fused-ring (bicyclic) bond motifs is 6. The Labute approximate surface area is 211 Å². The predicted octanol–water partition coefficient (Wildman–Crippen LogP) is 8.49. The normalized spacial score (nSPS) is 13.8. The standard InChI is InChI=1S/C33H23BS/c1-33(2)29-15-4-3-10-25(29)26-17-16-21(19-30(26)33)24-12-7-14-28-27-13-6-11-23(31(27)35-32(24)28)20-8-5-9-22(34)18-20/h3-19H,1-2H3. The van der Waals surface area contributed by atoms with Gasteiger partial charge in [-0.15, -0.1) is 11.3 Å². The lowest BCUT2D eigenvalue weighted by Crippen LogP contribution is -2.14. The Kier molecular flexibility index (Phi) is 4.41. The van der Waals surface area contributed by atoms with Gasteiger partial charge in [-0.2, -0.15) is 0 Å². The number of hydrogen-bond acceptors (Lipinski definition) is 1. The predicted molar refractivity (Wildman–Crippen MR) is 153 cm³/mol. The van der Waals surface area contributed by atoms with Crippen molar-refractivity contribution in [2.75, 3.05) is 0 Å². The fourth-order valence-electron chi connectivity index (χ4n) is 5.85. The minimum absolute atomic E-state index is 0.00357. The largest absolute Gasteiger partial charge is 0.134 e. The number of thiophene rings is 1. The summed E-state index contributed by atoms with van der Waals surface area (Å²) in [7, 11) is 6.12. The zero-order valence-corrected chi connectivity index (χ0v) is 20.6. The van der Waals surface area contributed by atoms with E-state index in [2.05, 4.69) is 105 Å². The third-order valence-electron chi connectivity index (χ3n) is 7.62. The van der Waals surface area contributed by atoms with Gasteiger partial charge in [0.25, 0.3) is 0 Å². The van der Waals surface area contributed by atoms with Crippen LogP contribution in [0.4, 0.5) is 0 Å². The van der Waals surface area contributed by atoms with Gasteiger partial charge in [-0.05, 0) is 50.6 Å². The molecule has 0 amide bonds. The van der Waals surface area contributed by atoms with E-state index in [9.17, 15) is 0 Å². The molecule has 1 heterocycles. The van der Waals surface area contributed by atoms with Gasteiger partial charge in [0.15, 0.2) is 0 Å². The van der Waals surface area contributed by atoms with Crippen LogP contribution in [0.1, 0.15) is 25.0 Å². The van der Waals surface area contributed by atoms with Crippen molar-refractivity contribution < 1.29 is 0 Å². The molecule has 0 saturated heterocycles. The smallest absolute Gasteiger partial charge is 0.113 e. The Morgan fingerprint density at radius 2 is 1.14 bits per heavy atom. The summed E-state index contributed by atoms with van der Waals surface area (Å²) in [6.45, 7) is 4.69. The molecular formula is C33H23BS. The quantitative estimate of drug-likeness (QED) is 0.226. The lowest BCUT2D eigenvalue weighted by Gasteiger charge is -2.22. The van der Waals surface area contributed by atoms with Crippen LogP contribution < -0.4 is 5.46 Å². The first-order valence-electron chi connectivity index (χ1n) is 12.1. The summed E-state index contributed by atoms with van der Waals surface area (Å²) in [5, 5.41) is 2.62. The van der Waals surface area contributed by atoms with Crippen LogP contribution >= 0.6 is 11.3 Å². The molecule has 0 atom stereocenters. The molecule has 0 nitrogen and oxygen atoms in total. The Morgan fingerprint density at radius 1 is 0.543 bits per heavy atom. The molecule has 1 aliphatic rings. The van der Waals surface area contributed by atoms with E-state index < -0.39 is 0 Å². The van der Waals surface area contributed by atoms with Crippen LogP contribution in [0.3, 0.4) is 0 Å². The maximum absolute atomic E-state index is 6.12. The van der Waals surface area contributed by atoms with Gasteiger partial charge in [-0.3, -0.25) is 0 Å². The second kappa shape index (κ2) is 7.44. The van der Waals surface area contributed by atoms with Gasteiger partial charge in [0, 0.05) is 25.6 Å². The van der Waals surface area contributed by atoms with Crippen LogP contribution in [0.25, 0.3) is 53.6 Å². The van der Waals surface area contributed by atoms with Crippen LogP contribution in [-0.2, 0) is 5.41 Å². The highest BCUT2D eigenvalue weighted by molar-refractivity contribution is 7.26. The minimum Gasteiger partial charge on any atom is -0.134 e. The third kappa shape index (κ3) is 3.00. The molecule has 0 unspecified atom stereocenters. The van der Waals surface area contributed by atoms with Gasteiger partial charge in [0.05, 0.1) is 0 Å². The lowest BCUT2D eigenvalue weighted by molar-refractivity contribution is 0.660.